The second-order valence-electron chi connectivity index (χ2n) is 5.02. The van der Waals surface area contributed by atoms with Crippen LogP contribution < -0.4 is 15.8 Å². The highest BCUT2D eigenvalue weighted by Crippen LogP contribution is 2.26. The van der Waals surface area contributed by atoms with Gasteiger partial charge in [-0.2, -0.15) is 0 Å². The van der Waals surface area contributed by atoms with Crippen molar-refractivity contribution in [2.45, 2.75) is 12.8 Å². The Labute approximate surface area is 138 Å². The topological polar surface area (TPSA) is 67.6 Å². The van der Waals surface area contributed by atoms with Crippen LogP contribution in [0.5, 0.6) is 5.75 Å². The number of hydrogen-bond acceptors (Lipinski definition) is 4. The Morgan fingerprint density at radius 3 is 2.52 bits per heavy atom. The van der Waals surface area contributed by atoms with Gasteiger partial charge in [-0.15, -0.1) is 24.8 Å². The molecule has 1 aliphatic heterocycles. The van der Waals surface area contributed by atoms with Crippen molar-refractivity contribution in [3.63, 3.8) is 0 Å². The number of carbonyl (C=O) groups excluding carboxylic acids is 1. The standard InChI is InChI=1S/C14H21N3O2.2ClH/c1-17-7-5-10(6-8-17)14(18)16-13-9-11(19-2)3-4-12(13)15;;/h3-4,9-10H,5-8,15H2,1-2H3,(H,16,18);2*1H. The van der Waals surface area contributed by atoms with Gasteiger partial charge in [-0.25, -0.2) is 0 Å². The van der Waals surface area contributed by atoms with Gasteiger partial charge >= 0.3 is 0 Å². The summed E-state index contributed by atoms with van der Waals surface area (Å²) in [4.78, 5) is 14.4. The molecule has 1 aliphatic rings. The van der Waals surface area contributed by atoms with Crippen LogP contribution in [0.2, 0.25) is 0 Å². The first-order valence-electron chi connectivity index (χ1n) is 6.53. The number of nitrogens with one attached hydrogen (secondary N) is 1. The van der Waals surface area contributed by atoms with Crippen molar-refractivity contribution in [1.82, 2.24) is 4.90 Å². The highest BCUT2D eigenvalue weighted by molar-refractivity contribution is 5.95. The van der Waals surface area contributed by atoms with Crippen LogP contribution >= 0.6 is 24.8 Å². The molecule has 5 nitrogen and oxygen atoms in total. The van der Waals surface area contributed by atoms with E-state index in [2.05, 4.69) is 17.3 Å². The van der Waals surface area contributed by atoms with Crippen LogP contribution in [0.1, 0.15) is 12.8 Å². The van der Waals surface area contributed by atoms with E-state index in [1.807, 2.05) is 0 Å². The second kappa shape index (κ2) is 8.97. The first-order valence-corrected chi connectivity index (χ1v) is 6.53. The van der Waals surface area contributed by atoms with Gasteiger partial charge in [0.15, 0.2) is 0 Å². The predicted molar refractivity (Wildman–Crippen MR) is 90.8 cm³/mol. The van der Waals surface area contributed by atoms with Gasteiger partial charge in [0, 0.05) is 12.0 Å². The zero-order chi connectivity index (χ0) is 13.8. The zero-order valence-electron chi connectivity index (χ0n) is 12.3. The molecule has 1 heterocycles. The Hall–Kier alpha value is -1.17. The molecule has 0 spiro atoms. The Morgan fingerprint density at radius 2 is 1.95 bits per heavy atom. The molecular formula is C14H23Cl2N3O2. The van der Waals surface area contributed by atoms with Gasteiger partial charge in [0.05, 0.1) is 18.5 Å². The molecule has 0 saturated carbocycles. The van der Waals surface area contributed by atoms with Crippen LogP contribution in [0.4, 0.5) is 11.4 Å². The lowest BCUT2D eigenvalue weighted by atomic mass is 9.96. The number of nitrogen functional groups attached to an aromatic ring is 1. The summed E-state index contributed by atoms with van der Waals surface area (Å²) < 4.78 is 5.14. The number of amides is 1. The lowest BCUT2D eigenvalue weighted by Gasteiger charge is -2.28. The van der Waals surface area contributed by atoms with Crippen LogP contribution in [-0.2, 0) is 4.79 Å². The molecule has 1 amide bonds. The number of nitrogens with zero attached hydrogens (tertiary/aromatic N) is 1. The summed E-state index contributed by atoms with van der Waals surface area (Å²) in [6, 6.07) is 5.27. The lowest BCUT2D eigenvalue weighted by Crippen LogP contribution is -2.36. The van der Waals surface area contributed by atoms with Crippen molar-refractivity contribution in [2.24, 2.45) is 5.92 Å². The van der Waals surface area contributed by atoms with E-state index in [1.54, 1.807) is 25.3 Å². The molecule has 0 atom stereocenters. The Kier molecular flexibility index (Phi) is 8.47. The fourth-order valence-electron chi connectivity index (χ4n) is 2.28. The third kappa shape index (κ3) is 5.26. The quantitative estimate of drug-likeness (QED) is 0.832. The minimum absolute atomic E-state index is 0. The van der Waals surface area contributed by atoms with Crippen LogP contribution in [0, 0.1) is 5.92 Å². The third-order valence-electron chi connectivity index (χ3n) is 3.61. The van der Waals surface area contributed by atoms with Crippen molar-refractivity contribution < 1.29 is 9.53 Å². The van der Waals surface area contributed by atoms with Crippen molar-refractivity contribution in [1.29, 1.82) is 0 Å². The smallest absolute Gasteiger partial charge is 0.227 e. The number of methoxy groups -OCH3 is 1. The van der Waals surface area contributed by atoms with Crippen molar-refractivity contribution >= 4 is 42.1 Å². The fourth-order valence-corrected chi connectivity index (χ4v) is 2.28. The van der Waals surface area contributed by atoms with Gasteiger partial charge in [-0.1, -0.05) is 0 Å². The summed E-state index contributed by atoms with van der Waals surface area (Å²) in [5.74, 6) is 0.808. The molecule has 0 aliphatic carbocycles. The highest BCUT2D eigenvalue weighted by Gasteiger charge is 2.23. The molecule has 0 unspecified atom stereocenters. The number of nitrogens with two attached hydrogens (primary N) is 1. The maximum Gasteiger partial charge on any atom is 0.227 e. The van der Waals surface area contributed by atoms with Gasteiger partial charge in [-0.05, 0) is 45.1 Å². The van der Waals surface area contributed by atoms with Gasteiger partial charge in [-0.3, -0.25) is 4.79 Å². The summed E-state index contributed by atoms with van der Waals surface area (Å²) in [6.07, 6.45) is 1.79. The zero-order valence-corrected chi connectivity index (χ0v) is 13.9. The number of carbonyl (C=O) groups is 1. The summed E-state index contributed by atoms with van der Waals surface area (Å²) in [6.45, 7) is 1.93. The van der Waals surface area contributed by atoms with Gasteiger partial charge in [0.2, 0.25) is 5.91 Å². The molecule has 1 fully saturated rings. The highest BCUT2D eigenvalue weighted by atomic mass is 35.5. The van der Waals surface area contributed by atoms with Gasteiger partial charge in [0.1, 0.15) is 5.75 Å². The fraction of sp³-hybridized carbons (Fsp3) is 0.500. The predicted octanol–water partition coefficient (Wildman–Crippen LogP) is 2.40. The number of piperidine rings is 1. The molecule has 1 saturated heterocycles. The monoisotopic (exact) mass is 335 g/mol. The number of likely N-dealkylation sites (tertiary alicyclic amines) is 1. The van der Waals surface area contributed by atoms with Crippen LogP contribution in [0.25, 0.3) is 0 Å². The molecule has 1 aromatic carbocycles. The number of benzene rings is 1. The van der Waals surface area contributed by atoms with E-state index in [9.17, 15) is 4.79 Å². The Morgan fingerprint density at radius 1 is 1.33 bits per heavy atom. The molecule has 1 aromatic rings. The summed E-state index contributed by atoms with van der Waals surface area (Å²) in [5.41, 5.74) is 7.05. The van der Waals surface area contributed by atoms with Crippen LogP contribution in [0.15, 0.2) is 18.2 Å². The largest absolute Gasteiger partial charge is 0.497 e. The van der Waals surface area contributed by atoms with E-state index < -0.39 is 0 Å². The van der Waals surface area contributed by atoms with E-state index in [0.717, 1.165) is 25.9 Å². The molecule has 2 rings (SSSR count). The maximum atomic E-state index is 12.2. The minimum atomic E-state index is 0. The number of rotatable bonds is 3. The van der Waals surface area contributed by atoms with E-state index >= 15 is 0 Å². The summed E-state index contributed by atoms with van der Waals surface area (Å²) in [7, 11) is 3.67. The number of anilines is 2. The van der Waals surface area contributed by atoms with Crippen LogP contribution in [-0.4, -0.2) is 38.1 Å². The Balaban J connectivity index is 0.00000200. The molecule has 0 aromatic heterocycles. The molecule has 3 N–H and O–H groups in total. The van der Waals surface area contributed by atoms with E-state index in [0.29, 0.717) is 17.1 Å². The number of ether oxygens (including phenoxy) is 1. The Bertz CT molecular complexity index is 464. The third-order valence-corrected chi connectivity index (χ3v) is 3.61. The second-order valence-corrected chi connectivity index (χ2v) is 5.02. The number of hydrogen-bond donors (Lipinski definition) is 2. The van der Waals surface area contributed by atoms with Crippen LogP contribution in [0.3, 0.4) is 0 Å². The van der Waals surface area contributed by atoms with E-state index in [1.165, 1.54) is 0 Å². The molecule has 0 bridgehead atoms. The van der Waals surface area contributed by atoms with Crippen molar-refractivity contribution in [3.8, 4) is 5.75 Å². The molecular weight excluding hydrogens is 313 g/mol. The number of halogens is 2. The average molecular weight is 336 g/mol. The van der Waals surface area contributed by atoms with Crippen molar-refractivity contribution in [3.05, 3.63) is 18.2 Å². The molecule has 0 radical (unpaired) electrons. The summed E-state index contributed by atoms with van der Waals surface area (Å²) in [5, 5.41) is 2.91. The van der Waals surface area contributed by atoms with E-state index in [4.69, 9.17) is 10.5 Å². The maximum absolute atomic E-state index is 12.2. The van der Waals surface area contributed by atoms with Gasteiger partial charge < -0.3 is 20.7 Å². The lowest BCUT2D eigenvalue weighted by molar-refractivity contribution is -0.121. The molecule has 21 heavy (non-hydrogen) atoms. The van der Waals surface area contributed by atoms with Gasteiger partial charge in [0.25, 0.3) is 0 Å². The first-order chi connectivity index (χ1) is 9.10. The SMILES string of the molecule is COc1ccc(N)c(NC(=O)C2CCN(C)CC2)c1.Cl.Cl. The average Bonchev–Trinajstić information content (AvgIpc) is 2.42. The molecule has 7 heteroatoms. The normalized spacial score (nSPS) is 15.5. The minimum Gasteiger partial charge on any atom is -0.497 e. The van der Waals surface area contributed by atoms with E-state index in [-0.39, 0.29) is 36.6 Å². The first kappa shape index (κ1) is 19.8. The summed E-state index contributed by atoms with van der Waals surface area (Å²) >= 11 is 0. The molecule has 120 valence electrons. The van der Waals surface area contributed by atoms with Crippen molar-refractivity contribution in [2.75, 3.05) is 38.3 Å².